The van der Waals surface area contributed by atoms with Crippen LogP contribution in [0.5, 0.6) is 0 Å². The summed E-state index contributed by atoms with van der Waals surface area (Å²) in [5, 5.41) is 6.83. The number of amides is 3. The zero-order chi connectivity index (χ0) is 24.1. The zero-order valence-electron chi connectivity index (χ0n) is 19.0. The molecule has 0 saturated carbocycles. The van der Waals surface area contributed by atoms with Crippen LogP contribution in [0.25, 0.3) is 10.8 Å². The van der Waals surface area contributed by atoms with Gasteiger partial charge in [0.1, 0.15) is 0 Å². The molecular formula is C25H28N4O4S. The van der Waals surface area contributed by atoms with Crippen LogP contribution in [0.2, 0.25) is 0 Å². The Labute approximate surface area is 199 Å². The number of carbonyl (C=O) groups excluding carboxylic acids is 2. The van der Waals surface area contributed by atoms with Gasteiger partial charge in [0.05, 0.1) is 4.90 Å². The van der Waals surface area contributed by atoms with Crippen molar-refractivity contribution in [1.29, 1.82) is 0 Å². The minimum Gasteiger partial charge on any atom is -0.338 e. The molecule has 1 heterocycles. The van der Waals surface area contributed by atoms with Gasteiger partial charge in [-0.25, -0.2) is 17.9 Å². The van der Waals surface area contributed by atoms with Crippen LogP contribution in [0.15, 0.2) is 71.6 Å². The van der Waals surface area contributed by atoms with E-state index in [4.69, 9.17) is 0 Å². The van der Waals surface area contributed by atoms with Gasteiger partial charge in [-0.2, -0.15) is 0 Å². The first-order valence-corrected chi connectivity index (χ1v) is 12.8. The summed E-state index contributed by atoms with van der Waals surface area (Å²) in [7, 11) is -3.81. The third-order valence-corrected chi connectivity index (χ3v) is 7.47. The van der Waals surface area contributed by atoms with Gasteiger partial charge in [0.25, 0.3) is 5.91 Å². The number of sulfonamides is 1. The van der Waals surface area contributed by atoms with Crippen molar-refractivity contribution in [2.75, 3.05) is 25.0 Å². The van der Waals surface area contributed by atoms with E-state index in [1.54, 1.807) is 59.5 Å². The molecule has 3 amide bonds. The minimum absolute atomic E-state index is 0.122. The number of urea groups is 1. The molecule has 34 heavy (non-hydrogen) atoms. The quantitative estimate of drug-likeness (QED) is 0.501. The molecule has 8 nitrogen and oxygen atoms in total. The van der Waals surface area contributed by atoms with E-state index in [9.17, 15) is 18.0 Å². The predicted octanol–water partition coefficient (Wildman–Crippen LogP) is 3.56. The number of anilines is 1. The van der Waals surface area contributed by atoms with Crippen LogP contribution in [-0.2, 0) is 10.0 Å². The highest BCUT2D eigenvalue weighted by molar-refractivity contribution is 7.89. The second kappa shape index (κ2) is 10.2. The number of nitrogens with one attached hydrogen (secondary N) is 3. The van der Waals surface area contributed by atoms with Crippen molar-refractivity contribution in [2.24, 2.45) is 0 Å². The molecule has 0 radical (unpaired) electrons. The Balaban J connectivity index is 1.53. The molecule has 1 fully saturated rings. The highest BCUT2D eigenvalue weighted by Crippen LogP contribution is 2.30. The third kappa shape index (κ3) is 5.21. The molecule has 1 aliphatic rings. The second-order valence-electron chi connectivity index (χ2n) is 8.20. The number of rotatable bonds is 6. The fourth-order valence-corrected chi connectivity index (χ4v) is 5.66. The monoisotopic (exact) mass is 480 g/mol. The molecule has 1 aliphatic heterocycles. The maximum atomic E-state index is 13.3. The molecule has 0 atom stereocenters. The van der Waals surface area contributed by atoms with Crippen molar-refractivity contribution in [3.8, 4) is 0 Å². The van der Waals surface area contributed by atoms with E-state index in [1.165, 1.54) is 6.07 Å². The molecule has 0 spiro atoms. The van der Waals surface area contributed by atoms with Crippen LogP contribution in [0, 0.1) is 0 Å². The van der Waals surface area contributed by atoms with Crippen LogP contribution in [0.1, 0.15) is 30.1 Å². The van der Waals surface area contributed by atoms with Crippen molar-refractivity contribution in [3.63, 3.8) is 0 Å². The number of hydrogen-bond donors (Lipinski definition) is 3. The smallest absolute Gasteiger partial charge is 0.317 e. The van der Waals surface area contributed by atoms with Crippen LogP contribution in [0.4, 0.5) is 10.5 Å². The van der Waals surface area contributed by atoms with Crippen molar-refractivity contribution in [1.82, 2.24) is 14.9 Å². The van der Waals surface area contributed by atoms with Gasteiger partial charge in [-0.05, 0) is 44.0 Å². The normalized spacial score (nSPS) is 14.7. The van der Waals surface area contributed by atoms with Crippen LogP contribution in [-0.4, -0.2) is 50.9 Å². The maximum Gasteiger partial charge on any atom is 0.317 e. The summed E-state index contributed by atoms with van der Waals surface area (Å²) in [6, 6.07) is 18.7. The summed E-state index contributed by atoms with van der Waals surface area (Å²) in [5.41, 5.74) is 1.06. The van der Waals surface area contributed by atoms with Gasteiger partial charge in [-0.3, -0.25) is 4.79 Å². The van der Waals surface area contributed by atoms with E-state index in [0.717, 1.165) is 0 Å². The highest BCUT2D eigenvalue weighted by atomic mass is 32.2. The number of hydrogen-bond acceptors (Lipinski definition) is 4. The minimum atomic E-state index is -3.81. The van der Waals surface area contributed by atoms with Gasteiger partial charge in [0.2, 0.25) is 10.0 Å². The largest absolute Gasteiger partial charge is 0.338 e. The average Bonchev–Trinajstić information content (AvgIpc) is 2.85. The van der Waals surface area contributed by atoms with Crippen molar-refractivity contribution >= 4 is 38.4 Å². The fourth-order valence-electron chi connectivity index (χ4n) is 4.15. The van der Waals surface area contributed by atoms with E-state index in [-0.39, 0.29) is 22.9 Å². The summed E-state index contributed by atoms with van der Waals surface area (Å²) in [6.45, 7) is 3.40. The van der Waals surface area contributed by atoms with Gasteiger partial charge in [0.15, 0.2) is 0 Å². The molecule has 3 aromatic rings. The summed E-state index contributed by atoms with van der Waals surface area (Å²) in [5.74, 6) is -0.265. The topological polar surface area (TPSA) is 108 Å². The first-order chi connectivity index (χ1) is 16.4. The molecule has 0 bridgehead atoms. The van der Waals surface area contributed by atoms with Crippen molar-refractivity contribution in [3.05, 3.63) is 72.3 Å². The predicted molar refractivity (Wildman–Crippen MR) is 132 cm³/mol. The number of piperidine rings is 1. The van der Waals surface area contributed by atoms with Crippen molar-refractivity contribution in [2.45, 2.75) is 30.7 Å². The Morgan fingerprint density at radius 3 is 2.24 bits per heavy atom. The van der Waals surface area contributed by atoms with Gasteiger partial charge in [0, 0.05) is 47.7 Å². The molecule has 0 aliphatic carbocycles. The number of carbonyl (C=O) groups is 2. The zero-order valence-corrected chi connectivity index (χ0v) is 19.8. The lowest BCUT2D eigenvalue weighted by atomic mass is 10.1. The second-order valence-corrected chi connectivity index (χ2v) is 9.88. The molecule has 3 aromatic carbocycles. The van der Waals surface area contributed by atoms with E-state index in [2.05, 4.69) is 15.4 Å². The Bertz CT molecular complexity index is 1290. The molecule has 9 heteroatoms. The highest BCUT2D eigenvalue weighted by Gasteiger charge is 2.27. The molecule has 178 valence electrons. The van der Waals surface area contributed by atoms with E-state index >= 15 is 0 Å². The molecule has 4 rings (SSSR count). The van der Waals surface area contributed by atoms with Gasteiger partial charge < -0.3 is 15.5 Å². The SMILES string of the molecule is CCNC(=O)N1CCC(NS(=O)(=O)c2ccc(NC(=O)c3ccccc3)c3ccccc23)CC1. The van der Waals surface area contributed by atoms with Crippen LogP contribution >= 0.6 is 0 Å². The fraction of sp³-hybridized carbons (Fsp3) is 0.280. The standard InChI is InChI=1S/C25H28N4O4S/c1-2-26-25(31)29-16-14-19(15-17-29)28-34(32,33)23-13-12-22(20-10-6-7-11-21(20)23)27-24(30)18-8-4-3-5-9-18/h3-13,19,28H,2,14-17H2,1H3,(H,26,31)(H,27,30). The lowest BCUT2D eigenvalue weighted by Crippen LogP contribution is -2.49. The molecule has 3 N–H and O–H groups in total. The van der Waals surface area contributed by atoms with Gasteiger partial charge in [-0.15, -0.1) is 0 Å². The average molecular weight is 481 g/mol. The van der Waals surface area contributed by atoms with E-state index in [1.807, 2.05) is 13.0 Å². The van der Waals surface area contributed by atoms with E-state index in [0.29, 0.717) is 54.5 Å². The molecule has 0 aromatic heterocycles. The van der Waals surface area contributed by atoms with Crippen molar-refractivity contribution < 1.29 is 18.0 Å². The lowest BCUT2D eigenvalue weighted by molar-refractivity contribution is 0.102. The Morgan fingerprint density at radius 1 is 0.912 bits per heavy atom. The Morgan fingerprint density at radius 2 is 1.56 bits per heavy atom. The summed E-state index contributed by atoms with van der Waals surface area (Å²) < 4.78 is 29.4. The van der Waals surface area contributed by atoms with Crippen LogP contribution in [0.3, 0.4) is 0 Å². The third-order valence-electron chi connectivity index (χ3n) is 5.89. The number of benzene rings is 3. The summed E-state index contributed by atoms with van der Waals surface area (Å²) in [6.07, 6.45) is 1.08. The summed E-state index contributed by atoms with van der Waals surface area (Å²) in [4.78, 5) is 26.5. The summed E-state index contributed by atoms with van der Waals surface area (Å²) >= 11 is 0. The molecular weight excluding hydrogens is 452 g/mol. The number of nitrogens with zero attached hydrogens (tertiary/aromatic N) is 1. The first kappa shape index (κ1) is 23.7. The first-order valence-electron chi connectivity index (χ1n) is 11.3. The Kier molecular flexibility index (Phi) is 7.14. The van der Waals surface area contributed by atoms with Gasteiger partial charge >= 0.3 is 6.03 Å². The number of fused-ring (bicyclic) bond motifs is 1. The maximum absolute atomic E-state index is 13.3. The van der Waals surface area contributed by atoms with Crippen LogP contribution < -0.4 is 15.4 Å². The van der Waals surface area contributed by atoms with E-state index < -0.39 is 10.0 Å². The number of likely N-dealkylation sites (tertiary alicyclic amines) is 1. The lowest BCUT2D eigenvalue weighted by Gasteiger charge is -2.32. The Hall–Kier alpha value is -3.43. The van der Waals surface area contributed by atoms with Gasteiger partial charge in [-0.1, -0.05) is 42.5 Å². The molecule has 1 saturated heterocycles. The molecule has 0 unspecified atom stereocenters.